The molecular formula is C40H42N2O8. The van der Waals surface area contributed by atoms with Gasteiger partial charge in [0.1, 0.15) is 36.1 Å². The van der Waals surface area contributed by atoms with Gasteiger partial charge in [-0.2, -0.15) is 0 Å². The number of aromatic hydroxyl groups is 2. The number of phenols is 2. The first-order chi connectivity index (χ1) is 24.4. The highest BCUT2D eigenvalue weighted by Gasteiger charge is 2.42. The highest BCUT2D eigenvalue weighted by Crippen LogP contribution is 2.56. The number of phenolic OH excluding ortho intramolecular Hbond substituents is 2. The molecule has 0 fully saturated rings. The summed E-state index contributed by atoms with van der Waals surface area (Å²) in [6.07, 6.45) is 4.27. The molecule has 8 rings (SSSR count). The molecule has 0 saturated heterocycles. The summed E-state index contributed by atoms with van der Waals surface area (Å²) in [6.45, 7) is 0.796. The third-order valence-electron chi connectivity index (χ3n) is 10.4. The Bertz CT molecular complexity index is 2060. The number of ether oxygens (including phenoxy) is 4. The van der Waals surface area contributed by atoms with Crippen LogP contribution in [-0.2, 0) is 30.4 Å². The lowest BCUT2D eigenvalue weighted by Gasteiger charge is -2.41. The summed E-state index contributed by atoms with van der Waals surface area (Å²) in [5, 5.41) is 46.1. The molecule has 3 heterocycles. The minimum atomic E-state index is -0.526. The Balaban J connectivity index is 1.27. The van der Waals surface area contributed by atoms with Crippen LogP contribution in [0, 0.1) is 0 Å². The number of fused-ring (bicyclic) bond motifs is 9. The summed E-state index contributed by atoms with van der Waals surface area (Å²) in [5.74, 6) is 2.05. The van der Waals surface area contributed by atoms with Gasteiger partial charge in [-0.3, -0.25) is 10.3 Å². The van der Waals surface area contributed by atoms with Gasteiger partial charge in [0.25, 0.3) is 0 Å². The SMILES string of the molecule is CNCO[C@@H]1Cc2c3c(c4c(c2O[C@@H]1c1ccc(O)c(OCCO)c1)CC[C@@H](CO)O4)-c1ccc(O)cc1[C@H](Cc1ccc2c(c1)=CCN=2)C3. The number of aliphatic hydroxyl groups is 2. The molecule has 10 nitrogen and oxygen atoms in total. The van der Waals surface area contributed by atoms with Crippen molar-refractivity contribution in [1.82, 2.24) is 5.32 Å². The van der Waals surface area contributed by atoms with E-state index in [1.165, 1.54) is 5.56 Å². The van der Waals surface area contributed by atoms with Crippen molar-refractivity contribution in [2.45, 2.75) is 56.3 Å². The summed E-state index contributed by atoms with van der Waals surface area (Å²) in [4.78, 5) is 4.57. The summed E-state index contributed by atoms with van der Waals surface area (Å²) < 4.78 is 25.7. The molecule has 0 spiro atoms. The normalized spacial score (nSPS) is 21.3. The zero-order chi connectivity index (χ0) is 34.4. The van der Waals surface area contributed by atoms with Crippen LogP contribution in [0.5, 0.6) is 28.7 Å². The molecule has 50 heavy (non-hydrogen) atoms. The topological polar surface area (TPSA) is 142 Å². The van der Waals surface area contributed by atoms with Crippen molar-refractivity contribution in [1.29, 1.82) is 0 Å². The van der Waals surface area contributed by atoms with Crippen molar-refractivity contribution in [3.05, 3.63) is 98.6 Å². The molecule has 0 saturated carbocycles. The van der Waals surface area contributed by atoms with E-state index in [-0.39, 0.29) is 55.2 Å². The molecule has 4 aliphatic rings. The van der Waals surface area contributed by atoms with E-state index in [2.05, 4.69) is 34.6 Å². The molecule has 0 radical (unpaired) electrons. The molecule has 0 aromatic heterocycles. The van der Waals surface area contributed by atoms with E-state index >= 15 is 0 Å². The average molecular weight is 679 g/mol. The van der Waals surface area contributed by atoms with E-state index in [0.717, 1.165) is 67.4 Å². The number of nitrogens with zero attached hydrogens (tertiary/aromatic N) is 1. The monoisotopic (exact) mass is 678 g/mol. The Morgan fingerprint density at radius 1 is 0.940 bits per heavy atom. The lowest BCUT2D eigenvalue weighted by molar-refractivity contribution is -0.0436. The predicted molar refractivity (Wildman–Crippen MR) is 187 cm³/mol. The van der Waals surface area contributed by atoms with Gasteiger partial charge < -0.3 is 39.4 Å². The predicted octanol–water partition coefficient (Wildman–Crippen LogP) is 3.36. The fourth-order valence-corrected chi connectivity index (χ4v) is 8.07. The maximum atomic E-state index is 10.7. The van der Waals surface area contributed by atoms with Crippen molar-refractivity contribution in [2.75, 3.05) is 40.1 Å². The molecule has 0 unspecified atom stereocenters. The lowest BCUT2D eigenvalue weighted by Crippen LogP contribution is -2.37. The zero-order valence-electron chi connectivity index (χ0n) is 28.0. The van der Waals surface area contributed by atoms with Crippen LogP contribution in [0.3, 0.4) is 0 Å². The van der Waals surface area contributed by atoms with Crippen molar-refractivity contribution in [2.24, 2.45) is 4.99 Å². The van der Waals surface area contributed by atoms with Crippen LogP contribution >= 0.6 is 0 Å². The number of aliphatic hydroxyl groups excluding tert-OH is 2. The molecule has 0 bridgehead atoms. The molecule has 4 aromatic carbocycles. The minimum Gasteiger partial charge on any atom is -0.508 e. The van der Waals surface area contributed by atoms with Gasteiger partial charge >= 0.3 is 0 Å². The van der Waals surface area contributed by atoms with E-state index in [0.29, 0.717) is 39.0 Å². The fourth-order valence-electron chi connectivity index (χ4n) is 8.07. The van der Waals surface area contributed by atoms with Gasteiger partial charge in [-0.15, -0.1) is 0 Å². The van der Waals surface area contributed by atoms with E-state index in [4.69, 9.17) is 18.9 Å². The van der Waals surface area contributed by atoms with Gasteiger partial charge in [-0.05, 0) is 108 Å². The van der Waals surface area contributed by atoms with Crippen LogP contribution in [0.25, 0.3) is 17.2 Å². The summed E-state index contributed by atoms with van der Waals surface area (Å²) >= 11 is 0. The van der Waals surface area contributed by atoms with Crippen LogP contribution in [0.1, 0.15) is 51.8 Å². The highest BCUT2D eigenvalue weighted by molar-refractivity contribution is 5.85. The quantitative estimate of drug-likeness (QED) is 0.160. The molecule has 1 aliphatic carbocycles. The van der Waals surface area contributed by atoms with Crippen LogP contribution in [0.4, 0.5) is 0 Å². The lowest BCUT2D eigenvalue weighted by atomic mass is 9.72. The van der Waals surface area contributed by atoms with Gasteiger partial charge in [0.2, 0.25) is 0 Å². The van der Waals surface area contributed by atoms with Crippen molar-refractivity contribution in [3.8, 4) is 39.9 Å². The van der Waals surface area contributed by atoms with E-state index in [9.17, 15) is 20.4 Å². The Morgan fingerprint density at radius 2 is 1.84 bits per heavy atom. The Labute approximate surface area is 290 Å². The maximum absolute atomic E-state index is 10.7. The van der Waals surface area contributed by atoms with Gasteiger partial charge in [0, 0.05) is 23.1 Å². The van der Waals surface area contributed by atoms with E-state index in [1.807, 2.05) is 25.2 Å². The Morgan fingerprint density at radius 3 is 2.68 bits per heavy atom. The molecule has 10 heteroatoms. The van der Waals surface area contributed by atoms with Gasteiger partial charge in [-0.1, -0.05) is 24.3 Å². The number of hydrogen-bond donors (Lipinski definition) is 5. The first-order valence-corrected chi connectivity index (χ1v) is 17.4. The van der Waals surface area contributed by atoms with E-state index < -0.39 is 6.10 Å². The Hall–Kier alpha value is -4.61. The van der Waals surface area contributed by atoms with Crippen LogP contribution in [-0.4, -0.2) is 72.8 Å². The molecule has 4 atom stereocenters. The average Bonchev–Trinajstić information content (AvgIpc) is 3.61. The van der Waals surface area contributed by atoms with Crippen LogP contribution in [0.2, 0.25) is 0 Å². The number of nitrogens with one attached hydrogen (secondary N) is 1. The molecule has 3 aliphatic heterocycles. The first kappa shape index (κ1) is 32.6. The maximum Gasteiger partial charge on any atom is 0.161 e. The smallest absolute Gasteiger partial charge is 0.161 e. The number of rotatable bonds is 10. The summed E-state index contributed by atoms with van der Waals surface area (Å²) in [5.41, 5.74) is 8.27. The van der Waals surface area contributed by atoms with E-state index in [1.54, 1.807) is 18.2 Å². The fraction of sp³-hybridized carbons (Fsp3) is 0.375. The highest BCUT2D eigenvalue weighted by atomic mass is 16.6. The Kier molecular flexibility index (Phi) is 8.86. The van der Waals surface area contributed by atoms with Crippen molar-refractivity contribution < 1.29 is 39.4 Å². The number of hydrogen-bond acceptors (Lipinski definition) is 10. The number of benzene rings is 4. The molecule has 5 N–H and O–H groups in total. The third-order valence-corrected chi connectivity index (χ3v) is 10.4. The zero-order valence-corrected chi connectivity index (χ0v) is 28.0. The first-order valence-electron chi connectivity index (χ1n) is 17.4. The second-order valence-corrected chi connectivity index (χ2v) is 13.5. The molecule has 4 aromatic rings. The van der Waals surface area contributed by atoms with Gasteiger partial charge in [0.15, 0.2) is 17.6 Å². The van der Waals surface area contributed by atoms with Crippen molar-refractivity contribution in [3.63, 3.8) is 0 Å². The second-order valence-electron chi connectivity index (χ2n) is 13.5. The summed E-state index contributed by atoms with van der Waals surface area (Å²) in [6, 6.07) is 17.2. The molecule has 0 amide bonds. The molecule has 260 valence electrons. The molecular weight excluding hydrogens is 636 g/mol. The third kappa shape index (κ3) is 5.86. The van der Waals surface area contributed by atoms with Crippen molar-refractivity contribution >= 4 is 6.08 Å². The summed E-state index contributed by atoms with van der Waals surface area (Å²) in [7, 11) is 1.84. The minimum absolute atomic E-state index is 0.0209. The standard InChI is InChI=1S/C40H42N2O8/c1-41-21-48-36-19-32-31-16-25(15-22-2-8-33-23(14-22)10-11-42-33)30-18-26(45)4-6-28(30)37(31)40-29(7-5-27(20-44)49-40)39(32)50-38(36)24-3-9-34(46)35(17-24)47-13-12-43/h2-4,6,8-10,14,17-18,25,27,36,38,41,43-46H,5,7,11-13,15-16,19-21H2,1H3/t25-,27+,36-,38-/m1/s1. The van der Waals surface area contributed by atoms with Crippen LogP contribution < -0.4 is 30.1 Å². The second kappa shape index (κ2) is 13.6. The van der Waals surface area contributed by atoms with Gasteiger partial charge in [0.05, 0.1) is 31.8 Å². The van der Waals surface area contributed by atoms with Crippen LogP contribution in [0.15, 0.2) is 59.6 Å². The van der Waals surface area contributed by atoms with Gasteiger partial charge in [-0.25, -0.2) is 0 Å². The largest absolute Gasteiger partial charge is 0.508 e.